The molecule has 0 unspecified atom stereocenters. The van der Waals surface area contributed by atoms with E-state index in [0.29, 0.717) is 5.02 Å². The minimum absolute atomic E-state index is 0.0634. The van der Waals surface area contributed by atoms with E-state index in [0.717, 1.165) is 31.4 Å². The molecule has 0 aliphatic rings. The third-order valence-corrected chi connectivity index (χ3v) is 7.93. The number of nitrogens with one attached hydrogen (secondary N) is 1. The number of hydrazone groups is 1. The molecule has 5 rings (SSSR count). The molecule has 0 radical (unpaired) electrons. The number of rotatable bonds is 7. The molecule has 1 N–H and O–H groups in total. The predicted molar refractivity (Wildman–Crippen MR) is 150 cm³/mol. The van der Waals surface area contributed by atoms with Crippen LogP contribution in [0, 0.1) is 0 Å². The first-order valence-corrected chi connectivity index (χ1v) is 13.3. The van der Waals surface area contributed by atoms with Crippen LogP contribution >= 0.6 is 11.6 Å². The Bertz CT molecular complexity index is 1680. The number of anilines is 1. The van der Waals surface area contributed by atoms with Crippen molar-refractivity contribution in [1.29, 1.82) is 0 Å². The maximum absolute atomic E-state index is 13.4. The van der Waals surface area contributed by atoms with Crippen molar-refractivity contribution >= 4 is 61.0 Å². The molecule has 0 heterocycles. The molecule has 0 aliphatic carbocycles. The first kappa shape index (κ1) is 24.5. The summed E-state index contributed by atoms with van der Waals surface area (Å²) in [4.78, 5) is 13.0. The van der Waals surface area contributed by atoms with Crippen molar-refractivity contribution in [3.05, 3.63) is 120 Å². The molecule has 0 atom stereocenters. The van der Waals surface area contributed by atoms with Gasteiger partial charge in [-0.05, 0) is 57.9 Å². The van der Waals surface area contributed by atoms with E-state index >= 15 is 0 Å². The maximum atomic E-state index is 13.4. The Hall–Kier alpha value is -4.20. The molecule has 1 amide bonds. The van der Waals surface area contributed by atoms with E-state index in [1.807, 2.05) is 48.5 Å². The van der Waals surface area contributed by atoms with Gasteiger partial charge in [0.15, 0.2) is 0 Å². The second-order valence-corrected chi connectivity index (χ2v) is 10.6. The summed E-state index contributed by atoms with van der Waals surface area (Å²) in [6, 6.07) is 32.3. The molecule has 5 aromatic carbocycles. The van der Waals surface area contributed by atoms with E-state index in [9.17, 15) is 13.2 Å². The van der Waals surface area contributed by atoms with Crippen molar-refractivity contribution in [1.82, 2.24) is 5.43 Å². The van der Waals surface area contributed by atoms with E-state index in [1.165, 1.54) is 18.2 Å². The predicted octanol–water partition coefficient (Wildman–Crippen LogP) is 5.99. The number of benzene rings is 5. The van der Waals surface area contributed by atoms with E-state index in [4.69, 9.17) is 11.6 Å². The van der Waals surface area contributed by atoms with Crippen LogP contribution in [0.3, 0.4) is 0 Å². The number of hydrogen-bond acceptors (Lipinski definition) is 4. The van der Waals surface area contributed by atoms with Crippen molar-refractivity contribution in [2.45, 2.75) is 4.90 Å². The number of fused-ring (bicyclic) bond motifs is 2. The molecule has 0 saturated heterocycles. The standard InChI is InChI=1S/C29H22ClN3O3S/c30-23-11-8-12-24(18-23)33(37(35,36)25-13-2-1-3-14-25)20-29(34)32-31-19-28-26-15-6-4-9-21(26)17-22-10-5-7-16-27(22)28/h1-19H,20H2,(H,32,34)/b31-19-. The number of carbonyl (C=O) groups excluding carboxylic acids is 1. The van der Waals surface area contributed by atoms with Crippen LogP contribution in [-0.2, 0) is 14.8 Å². The van der Waals surface area contributed by atoms with Gasteiger partial charge in [-0.2, -0.15) is 5.10 Å². The first-order chi connectivity index (χ1) is 17.9. The van der Waals surface area contributed by atoms with Gasteiger partial charge in [0.25, 0.3) is 15.9 Å². The van der Waals surface area contributed by atoms with Crippen LogP contribution in [-0.4, -0.2) is 27.1 Å². The Morgan fingerprint density at radius 2 is 1.43 bits per heavy atom. The lowest BCUT2D eigenvalue weighted by atomic mass is 9.97. The Labute approximate surface area is 219 Å². The zero-order valence-corrected chi connectivity index (χ0v) is 21.2. The van der Waals surface area contributed by atoms with Crippen LogP contribution in [0.25, 0.3) is 21.5 Å². The van der Waals surface area contributed by atoms with Crippen LogP contribution < -0.4 is 9.73 Å². The summed E-state index contributed by atoms with van der Waals surface area (Å²) >= 11 is 6.12. The van der Waals surface area contributed by atoms with Gasteiger partial charge in [-0.25, -0.2) is 13.8 Å². The van der Waals surface area contributed by atoms with Crippen molar-refractivity contribution in [3.63, 3.8) is 0 Å². The normalized spacial score (nSPS) is 11.7. The van der Waals surface area contributed by atoms with Crippen LogP contribution in [0.2, 0.25) is 5.02 Å². The summed E-state index contributed by atoms with van der Waals surface area (Å²) < 4.78 is 27.9. The lowest BCUT2D eigenvalue weighted by Gasteiger charge is -2.23. The van der Waals surface area contributed by atoms with E-state index < -0.39 is 22.5 Å². The summed E-state index contributed by atoms with van der Waals surface area (Å²) in [5, 5.41) is 8.63. The number of nitrogens with zero attached hydrogens (tertiary/aromatic N) is 2. The van der Waals surface area contributed by atoms with Gasteiger partial charge >= 0.3 is 0 Å². The second kappa shape index (κ2) is 10.4. The van der Waals surface area contributed by atoms with Crippen LogP contribution in [0.15, 0.2) is 119 Å². The molecule has 0 fully saturated rings. The topological polar surface area (TPSA) is 78.8 Å². The smallest absolute Gasteiger partial charge is 0.264 e. The Morgan fingerprint density at radius 1 is 0.811 bits per heavy atom. The van der Waals surface area contributed by atoms with Gasteiger partial charge in [-0.3, -0.25) is 9.10 Å². The lowest BCUT2D eigenvalue weighted by Crippen LogP contribution is -2.39. The van der Waals surface area contributed by atoms with Crippen LogP contribution in [0.1, 0.15) is 5.56 Å². The highest BCUT2D eigenvalue weighted by molar-refractivity contribution is 7.92. The zero-order valence-electron chi connectivity index (χ0n) is 19.6. The number of hydrogen-bond donors (Lipinski definition) is 1. The fourth-order valence-electron chi connectivity index (χ4n) is 4.19. The summed E-state index contributed by atoms with van der Waals surface area (Å²) in [6.45, 7) is -0.481. The summed E-state index contributed by atoms with van der Waals surface area (Å²) in [6.07, 6.45) is 1.60. The number of sulfonamides is 1. The van der Waals surface area contributed by atoms with E-state index in [2.05, 4.69) is 16.6 Å². The van der Waals surface area contributed by atoms with Crippen LogP contribution in [0.4, 0.5) is 5.69 Å². The molecule has 0 saturated carbocycles. The monoisotopic (exact) mass is 527 g/mol. The minimum atomic E-state index is -4.04. The van der Waals surface area contributed by atoms with Crippen molar-refractivity contribution in [2.24, 2.45) is 5.10 Å². The largest absolute Gasteiger partial charge is 0.271 e. The molecule has 0 bridgehead atoms. The summed E-state index contributed by atoms with van der Waals surface area (Å²) in [5.74, 6) is -0.597. The van der Waals surface area contributed by atoms with Gasteiger partial charge in [-0.15, -0.1) is 0 Å². The lowest BCUT2D eigenvalue weighted by molar-refractivity contribution is -0.119. The van der Waals surface area contributed by atoms with Gasteiger partial charge in [0.1, 0.15) is 6.54 Å². The SMILES string of the molecule is O=C(CN(c1cccc(Cl)c1)S(=O)(=O)c1ccccc1)N/N=C\c1c2ccccc2cc2ccccc12. The fourth-order valence-corrected chi connectivity index (χ4v) is 5.81. The number of amides is 1. The molecule has 0 aromatic heterocycles. The van der Waals surface area contributed by atoms with Crippen LogP contribution in [0.5, 0.6) is 0 Å². The fraction of sp³-hybridized carbons (Fsp3) is 0.0345. The molecule has 0 spiro atoms. The molecule has 0 aliphatic heterocycles. The van der Waals surface area contributed by atoms with Gasteiger partial charge in [0.2, 0.25) is 0 Å². The molecular formula is C29H22ClN3O3S. The molecular weight excluding hydrogens is 506 g/mol. The van der Waals surface area contributed by atoms with Gasteiger partial charge in [-0.1, -0.05) is 84.4 Å². The molecule has 37 heavy (non-hydrogen) atoms. The number of halogens is 1. The van der Waals surface area contributed by atoms with E-state index in [1.54, 1.807) is 42.6 Å². The first-order valence-electron chi connectivity index (χ1n) is 11.5. The molecule has 184 valence electrons. The summed E-state index contributed by atoms with van der Waals surface area (Å²) in [7, 11) is -4.04. The average Bonchev–Trinajstić information content (AvgIpc) is 2.91. The molecule has 5 aromatic rings. The quantitative estimate of drug-likeness (QED) is 0.160. The Kier molecular flexibility index (Phi) is 6.90. The zero-order chi connectivity index (χ0) is 25.8. The van der Waals surface area contributed by atoms with Crippen molar-refractivity contribution in [3.8, 4) is 0 Å². The highest BCUT2D eigenvalue weighted by Crippen LogP contribution is 2.28. The van der Waals surface area contributed by atoms with E-state index in [-0.39, 0.29) is 10.6 Å². The summed E-state index contributed by atoms with van der Waals surface area (Å²) in [5.41, 5.74) is 3.62. The van der Waals surface area contributed by atoms with Gasteiger partial charge < -0.3 is 0 Å². The van der Waals surface area contributed by atoms with Crippen molar-refractivity contribution < 1.29 is 13.2 Å². The van der Waals surface area contributed by atoms with Gasteiger partial charge in [0, 0.05) is 10.6 Å². The highest BCUT2D eigenvalue weighted by Gasteiger charge is 2.27. The molecule has 6 nitrogen and oxygen atoms in total. The average molecular weight is 528 g/mol. The third kappa shape index (κ3) is 5.18. The minimum Gasteiger partial charge on any atom is -0.271 e. The van der Waals surface area contributed by atoms with Crippen molar-refractivity contribution in [2.75, 3.05) is 10.8 Å². The van der Waals surface area contributed by atoms with Gasteiger partial charge in [0.05, 0.1) is 16.8 Å². The number of carbonyl (C=O) groups is 1. The Balaban J connectivity index is 1.44. The highest BCUT2D eigenvalue weighted by atomic mass is 35.5. The molecule has 8 heteroatoms. The second-order valence-electron chi connectivity index (χ2n) is 8.33. The Morgan fingerprint density at radius 3 is 2.08 bits per heavy atom. The maximum Gasteiger partial charge on any atom is 0.264 e. The third-order valence-electron chi connectivity index (χ3n) is 5.91.